The van der Waals surface area contributed by atoms with Crippen LogP contribution in [0.2, 0.25) is 0 Å². The lowest BCUT2D eigenvalue weighted by Gasteiger charge is -2.42. The van der Waals surface area contributed by atoms with Crippen LogP contribution in [0.15, 0.2) is 30.3 Å². The molecule has 0 amide bonds. The Labute approximate surface area is 130 Å². The molecule has 0 saturated carbocycles. The largest absolute Gasteiger partial charge is 0.390 e. The Hall–Kier alpha value is -0.0800. The van der Waals surface area contributed by atoms with E-state index in [0.717, 1.165) is 5.56 Å². The van der Waals surface area contributed by atoms with Gasteiger partial charge >= 0.3 is 0 Å². The Morgan fingerprint density at radius 2 is 1.95 bits per heavy atom. The second kappa shape index (κ2) is 7.97. The standard InChI is InChI=1S/C15H24O4P2/c1-10-11(2)18-15(19-21(3)20)14(13(10)16)17-9-12-7-5-4-6-8-12/h4-8,10-11,13-16H,9,20H2,1-3H3. The van der Waals surface area contributed by atoms with Crippen molar-refractivity contribution in [3.63, 3.8) is 0 Å². The van der Waals surface area contributed by atoms with E-state index in [1.165, 1.54) is 0 Å². The molecule has 7 atom stereocenters. The third kappa shape index (κ3) is 4.69. The lowest BCUT2D eigenvalue weighted by atomic mass is 9.91. The highest BCUT2D eigenvalue weighted by Gasteiger charge is 2.43. The van der Waals surface area contributed by atoms with Crippen molar-refractivity contribution in [2.45, 2.75) is 45.1 Å². The fourth-order valence-corrected chi connectivity index (χ4v) is 3.20. The summed E-state index contributed by atoms with van der Waals surface area (Å²) in [5.74, 6) is 0.0122. The molecule has 1 heterocycles. The van der Waals surface area contributed by atoms with Gasteiger partial charge < -0.3 is 19.1 Å². The van der Waals surface area contributed by atoms with Crippen molar-refractivity contribution in [1.82, 2.24) is 0 Å². The van der Waals surface area contributed by atoms with Crippen LogP contribution in [0.5, 0.6) is 0 Å². The fourth-order valence-electron chi connectivity index (χ4n) is 2.34. The molecule has 1 aliphatic rings. The summed E-state index contributed by atoms with van der Waals surface area (Å²) < 4.78 is 17.6. The van der Waals surface area contributed by atoms with E-state index in [4.69, 9.17) is 14.0 Å². The molecule has 1 saturated heterocycles. The van der Waals surface area contributed by atoms with Crippen LogP contribution in [-0.4, -0.2) is 36.4 Å². The Kier molecular flexibility index (Phi) is 6.55. The molecule has 1 aromatic carbocycles. The van der Waals surface area contributed by atoms with E-state index in [-0.39, 0.29) is 12.0 Å². The van der Waals surface area contributed by atoms with Gasteiger partial charge in [-0.3, -0.25) is 0 Å². The van der Waals surface area contributed by atoms with E-state index >= 15 is 0 Å². The quantitative estimate of drug-likeness (QED) is 0.843. The Balaban J connectivity index is 2.04. The predicted molar refractivity (Wildman–Crippen MR) is 88.2 cm³/mol. The molecular formula is C15H24O4P2. The highest BCUT2D eigenvalue weighted by molar-refractivity contribution is 8.10. The van der Waals surface area contributed by atoms with E-state index in [0.29, 0.717) is 6.61 Å². The van der Waals surface area contributed by atoms with E-state index < -0.39 is 26.3 Å². The molecule has 0 radical (unpaired) electrons. The van der Waals surface area contributed by atoms with Gasteiger partial charge in [0.05, 0.1) is 18.8 Å². The molecule has 4 nitrogen and oxygen atoms in total. The molecule has 2 rings (SSSR count). The van der Waals surface area contributed by atoms with Crippen LogP contribution < -0.4 is 0 Å². The first-order valence-corrected chi connectivity index (χ1v) is 10.5. The van der Waals surface area contributed by atoms with Crippen molar-refractivity contribution in [2.24, 2.45) is 5.92 Å². The van der Waals surface area contributed by atoms with Gasteiger partial charge in [0.1, 0.15) is 6.10 Å². The van der Waals surface area contributed by atoms with Gasteiger partial charge in [0, 0.05) is 13.8 Å². The average Bonchev–Trinajstić information content (AvgIpc) is 2.45. The minimum absolute atomic E-state index is 0.0122. The van der Waals surface area contributed by atoms with Gasteiger partial charge in [-0.15, -0.1) is 0 Å². The Morgan fingerprint density at radius 1 is 1.29 bits per heavy atom. The van der Waals surface area contributed by atoms with Crippen LogP contribution in [-0.2, 0) is 20.6 Å². The molecule has 0 spiro atoms. The first-order valence-electron chi connectivity index (χ1n) is 7.13. The Bertz CT molecular complexity index is 429. The van der Waals surface area contributed by atoms with Crippen molar-refractivity contribution < 1.29 is 19.1 Å². The summed E-state index contributed by atoms with van der Waals surface area (Å²) in [7, 11) is 1.97. The lowest BCUT2D eigenvalue weighted by molar-refractivity contribution is -0.264. The maximum Gasteiger partial charge on any atom is 0.190 e. The fraction of sp³-hybridized carbons (Fsp3) is 0.600. The van der Waals surface area contributed by atoms with Crippen molar-refractivity contribution in [2.75, 3.05) is 6.66 Å². The molecule has 1 aliphatic heterocycles. The number of hydrogen-bond donors (Lipinski definition) is 1. The molecule has 0 aliphatic carbocycles. The van der Waals surface area contributed by atoms with Gasteiger partial charge in [-0.1, -0.05) is 46.2 Å². The lowest BCUT2D eigenvalue weighted by Crippen LogP contribution is -2.54. The number of rotatable bonds is 5. The number of hydrogen-bond acceptors (Lipinski definition) is 4. The van der Waals surface area contributed by atoms with Gasteiger partial charge in [-0.25, -0.2) is 0 Å². The first-order chi connectivity index (χ1) is 9.99. The van der Waals surface area contributed by atoms with Crippen molar-refractivity contribution in [3.05, 3.63) is 35.9 Å². The molecule has 21 heavy (non-hydrogen) atoms. The minimum Gasteiger partial charge on any atom is -0.390 e. The third-order valence-electron chi connectivity index (χ3n) is 3.79. The van der Waals surface area contributed by atoms with Crippen LogP contribution in [0, 0.1) is 5.92 Å². The highest BCUT2D eigenvalue weighted by Crippen LogP contribution is 2.45. The van der Waals surface area contributed by atoms with E-state index in [1.54, 1.807) is 0 Å². The van der Waals surface area contributed by atoms with Gasteiger partial charge in [0.25, 0.3) is 0 Å². The van der Waals surface area contributed by atoms with Crippen LogP contribution in [0.3, 0.4) is 0 Å². The number of aliphatic hydroxyl groups excluding tert-OH is 1. The minimum atomic E-state index is -0.667. The molecule has 6 heteroatoms. The number of ether oxygens (including phenoxy) is 2. The van der Waals surface area contributed by atoms with Crippen molar-refractivity contribution in [1.29, 1.82) is 0 Å². The summed E-state index contributed by atoms with van der Waals surface area (Å²) in [6.07, 6.45) is -1.64. The van der Waals surface area contributed by atoms with Crippen LogP contribution in [0.25, 0.3) is 0 Å². The summed E-state index contributed by atoms with van der Waals surface area (Å²) in [6.45, 7) is 6.34. The Morgan fingerprint density at radius 3 is 2.57 bits per heavy atom. The average molecular weight is 330 g/mol. The molecule has 1 fully saturated rings. The smallest absolute Gasteiger partial charge is 0.190 e. The molecule has 0 aromatic heterocycles. The summed E-state index contributed by atoms with van der Waals surface area (Å²) in [5.41, 5.74) is 1.07. The van der Waals surface area contributed by atoms with E-state index in [9.17, 15) is 5.11 Å². The predicted octanol–water partition coefficient (Wildman–Crippen LogP) is 3.15. The van der Waals surface area contributed by atoms with Crippen molar-refractivity contribution in [3.8, 4) is 0 Å². The van der Waals surface area contributed by atoms with Crippen LogP contribution in [0.4, 0.5) is 0 Å². The summed E-state index contributed by atoms with van der Waals surface area (Å²) in [4.78, 5) is 0. The van der Waals surface area contributed by atoms with E-state index in [1.807, 2.05) is 50.8 Å². The second-order valence-electron chi connectivity index (χ2n) is 5.47. The third-order valence-corrected chi connectivity index (χ3v) is 4.69. The van der Waals surface area contributed by atoms with Gasteiger partial charge in [-0.05, 0) is 19.2 Å². The van der Waals surface area contributed by atoms with Crippen molar-refractivity contribution >= 4 is 16.8 Å². The highest BCUT2D eigenvalue weighted by atomic mass is 32.0. The van der Waals surface area contributed by atoms with Gasteiger partial charge in [0.2, 0.25) is 0 Å². The van der Waals surface area contributed by atoms with Crippen LogP contribution >= 0.6 is 16.8 Å². The zero-order valence-corrected chi connectivity index (χ0v) is 14.7. The maximum absolute atomic E-state index is 10.5. The topological polar surface area (TPSA) is 47.9 Å². The molecule has 118 valence electrons. The number of benzene rings is 1. The summed E-state index contributed by atoms with van der Waals surface area (Å²) in [6, 6.07) is 9.91. The second-order valence-corrected chi connectivity index (χ2v) is 8.96. The molecular weight excluding hydrogens is 306 g/mol. The first kappa shape index (κ1) is 17.3. The monoisotopic (exact) mass is 330 g/mol. The zero-order valence-electron chi connectivity index (χ0n) is 12.7. The molecule has 1 N–H and O–H groups in total. The molecule has 7 unspecified atom stereocenters. The van der Waals surface area contributed by atoms with Gasteiger partial charge in [0.15, 0.2) is 6.29 Å². The normalized spacial score (nSPS) is 34.6. The maximum atomic E-state index is 10.5. The van der Waals surface area contributed by atoms with E-state index in [2.05, 4.69) is 8.93 Å². The number of aliphatic hydroxyl groups is 1. The van der Waals surface area contributed by atoms with Gasteiger partial charge in [-0.2, -0.15) is 0 Å². The molecule has 1 aromatic rings. The summed E-state index contributed by atoms with van der Waals surface area (Å²) in [5, 5.41) is 10.5. The molecule has 0 bridgehead atoms. The SMILES string of the molecule is CC1OC(OP(C)P)C(OCc2ccccc2)C(O)C1C. The zero-order chi connectivity index (χ0) is 15.4. The van der Waals surface area contributed by atoms with Crippen LogP contribution in [0.1, 0.15) is 19.4 Å². The summed E-state index contributed by atoms with van der Waals surface area (Å²) >= 11 is 0.